The number of amides is 1. The second-order valence-electron chi connectivity index (χ2n) is 5.55. The van der Waals surface area contributed by atoms with Gasteiger partial charge >= 0.3 is 5.97 Å². The van der Waals surface area contributed by atoms with Crippen molar-refractivity contribution in [1.82, 2.24) is 9.97 Å². The van der Waals surface area contributed by atoms with Crippen LogP contribution < -0.4 is 5.32 Å². The summed E-state index contributed by atoms with van der Waals surface area (Å²) < 4.78 is 4.69. The molecule has 0 unspecified atom stereocenters. The van der Waals surface area contributed by atoms with Crippen molar-refractivity contribution in [2.45, 2.75) is 18.9 Å². The molecule has 0 aliphatic rings. The van der Waals surface area contributed by atoms with Gasteiger partial charge in [-0.1, -0.05) is 17.8 Å². The third kappa shape index (κ3) is 3.86. The minimum absolute atomic E-state index is 0.173. The molecule has 1 amide bonds. The smallest absolute Gasteiger partial charge is 0.337 e. The molecule has 26 heavy (non-hydrogen) atoms. The molecule has 0 bridgehead atoms. The molecule has 2 heterocycles. The van der Waals surface area contributed by atoms with Crippen LogP contribution in [0, 0.1) is 13.8 Å². The van der Waals surface area contributed by atoms with Crippen LogP contribution in [0.3, 0.4) is 0 Å². The topological polar surface area (TPSA) is 81.2 Å². The fraction of sp³-hybridized carbons (Fsp3) is 0.222. The Morgan fingerprint density at radius 3 is 2.85 bits per heavy atom. The van der Waals surface area contributed by atoms with Crippen molar-refractivity contribution < 1.29 is 14.3 Å². The Hall–Kier alpha value is -2.45. The lowest BCUT2D eigenvalue weighted by Crippen LogP contribution is -2.14. The Kier molecular flexibility index (Phi) is 5.53. The normalized spacial score (nSPS) is 10.7. The fourth-order valence-electron chi connectivity index (χ4n) is 2.43. The van der Waals surface area contributed by atoms with E-state index in [4.69, 9.17) is 0 Å². The van der Waals surface area contributed by atoms with Crippen molar-refractivity contribution in [3.8, 4) is 0 Å². The van der Waals surface area contributed by atoms with Crippen LogP contribution >= 0.6 is 23.1 Å². The largest absolute Gasteiger partial charge is 0.465 e. The zero-order valence-electron chi connectivity index (χ0n) is 14.5. The van der Waals surface area contributed by atoms with Crippen molar-refractivity contribution in [3.05, 3.63) is 46.6 Å². The number of methoxy groups -OCH3 is 1. The van der Waals surface area contributed by atoms with Crippen LogP contribution in [0.15, 0.2) is 35.6 Å². The van der Waals surface area contributed by atoms with E-state index in [0.717, 1.165) is 20.8 Å². The number of aromatic nitrogens is 2. The highest BCUT2D eigenvalue weighted by molar-refractivity contribution is 8.00. The maximum absolute atomic E-state index is 12.3. The van der Waals surface area contributed by atoms with E-state index in [2.05, 4.69) is 26.9 Å². The Labute approximate surface area is 159 Å². The zero-order chi connectivity index (χ0) is 18.7. The molecule has 8 heteroatoms. The molecule has 0 aliphatic heterocycles. The van der Waals surface area contributed by atoms with Gasteiger partial charge in [0, 0.05) is 16.0 Å². The number of hydrogen-bond donors (Lipinski definition) is 1. The lowest BCUT2D eigenvalue weighted by molar-refractivity contribution is -0.113. The molecule has 2 aromatic heterocycles. The monoisotopic (exact) mass is 387 g/mol. The van der Waals surface area contributed by atoms with Crippen LogP contribution in [-0.2, 0) is 9.53 Å². The van der Waals surface area contributed by atoms with Gasteiger partial charge in [-0.15, -0.1) is 11.3 Å². The number of esters is 1. The summed E-state index contributed by atoms with van der Waals surface area (Å²) in [7, 11) is 1.32. The molecule has 0 aliphatic carbocycles. The highest BCUT2D eigenvalue weighted by atomic mass is 32.2. The van der Waals surface area contributed by atoms with Crippen LogP contribution in [0.2, 0.25) is 0 Å². The number of thiophene rings is 1. The third-order valence-electron chi connectivity index (χ3n) is 3.84. The summed E-state index contributed by atoms with van der Waals surface area (Å²) in [6, 6.07) is 6.64. The average molecular weight is 387 g/mol. The number of thioether (sulfide) groups is 1. The molecule has 3 aromatic rings. The number of hydrogen-bond acceptors (Lipinski definition) is 7. The maximum atomic E-state index is 12.3. The van der Waals surface area contributed by atoms with Crippen LogP contribution in [-0.4, -0.2) is 34.7 Å². The van der Waals surface area contributed by atoms with E-state index in [1.54, 1.807) is 35.6 Å². The molecule has 0 atom stereocenters. The van der Waals surface area contributed by atoms with E-state index < -0.39 is 5.97 Å². The summed E-state index contributed by atoms with van der Waals surface area (Å²) in [5, 5.41) is 4.61. The third-order valence-corrected chi connectivity index (χ3v) is 5.94. The number of ether oxygens (including phenoxy) is 1. The van der Waals surface area contributed by atoms with E-state index in [0.29, 0.717) is 11.3 Å². The fourth-order valence-corrected chi connectivity index (χ4v) is 4.35. The van der Waals surface area contributed by atoms with Crippen LogP contribution in [0.4, 0.5) is 5.69 Å². The lowest BCUT2D eigenvalue weighted by atomic mass is 10.2. The molecular weight excluding hydrogens is 370 g/mol. The van der Waals surface area contributed by atoms with Crippen molar-refractivity contribution in [2.75, 3.05) is 18.2 Å². The summed E-state index contributed by atoms with van der Waals surface area (Å²) in [4.78, 5) is 34.6. The molecule has 0 radical (unpaired) electrons. The number of nitrogens with zero attached hydrogens (tertiary/aromatic N) is 2. The predicted molar refractivity (Wildman–Crippen MR) is 104 cm³/mol. The Morgan fingerprint density at radius 2 is 2.08 bits per heavy atom. The molecule has 0 fully saturated rings. The average Bonchev–Trinajstić information content (AvgIpc) is 2.94. The molecule has 1 N–H and O–H groups in total. The molecule has 0 saturated carbocycles. The molecule has 134 valence electrons. The molecule has 0 spiro atoms. The number of carbonyl (C=O) groups is 2. The Bertz CT molecular complexity index is 985. The number of fused-ring (bicyclic) bond motifs is 1. The number of nitrogens with one attached hydrogen (secondary N) is 1. The summed E-state index contributed by atoms with van der Waals surface area (Å²) in [5.74, 6) is -0.404. The van der Waals surface area contributed by atoms with Gasteiger partial charge in [0.05, 0.1) is 18.4 Å². The number of anilines is 1. The molecular formula is C18H17N3O3S2. The molecule has 0 saturated heterocycles. The first kappa shape index (κ1) is 18.3. The first-order valence-electron chi connectivity index (χ1n) is 7.81. The van der Waals surface area contributed by atoms with Crippen LogP contribution in [0.5, 0.6) is 0 Å². The van der Waals surface area contributed by atoms with Gasteiger partial charge in [-0.2, -0.15) is 0 Å². The SMILES string of the molecule is COC(=O)c1cccc(NC(=O)CSc2ncnc3sc(C)c(C)c23)c1. The number of carbonyl (C=O) groups excluding carboxylic acids is 2. The predicted octanol–water partition coefficient (Wildman–Crippen LogP) is 3.83. The minimum atomic E-state index is -0.442. The zero-order valence-corrected chi connectivity index (χ0v) is 16.2. The molecule has 1 aromatic carbocycles. The van der Waals surface area contributed by atoms with E-state index in [9.17, 15) is 9.59 Å². The molecule has 6 nitrogen and oxygen atoms in total. The summed E-state index contributed by atoms with van der Waals surface area (Å²) in [5.41, 5.74) is 2.09. The minimum Gasteiger partial charge on any atom is -0.465 e. The standard InChI is InChI=1S/C18H17N3O3S2/c1-10-11(2)26-17-15(10)16(19-9-20-17)25-8-14(22)21-13-6-4-5-12(7-13)18(23)24-3/h4-7,9H,8H2,1-3H3,(H,21,22). The van der Waals surface area contributed by atoms with Crippen LogP contribution in [0.25, 0.3) is 10.2 Å². The second-order valence-corrected chi connectivity index (χ2v) is 7.72. The quantitative estimate of drug-likeness (QED) is 0.407. The summed E-state index contributed by atoms with van der Waals surface area (Å²) >= 11 is 3.00. The van der Waals surface area contributed by atoms with E-state index in [1.807, 2.05) is 6.92 Å². The van der Waals surface area contributed by atoms with Gasteiger partial charge in [0.2, 0.25) is 5.91 Å². The summed E-state index contributed by atoms with van der Waals surface area (Å²) in [6.45, 7) is 4.09. The van der Waals surface area contributed by atoms with Gasteiger partial charge in [0.15, 0.2) is 0 Å². The van der Waals surface area contributed by atoms with E-state index in [1.165, 1.54) is 30.1 Å². The van der Waals surface area contributed by atoms with Gasteiger partial charge in [-0.3, -0.25) is 4.79 Å². The maximum Gasteiger partial charge on any atom is 0.337 e. The van der Waals surface area contributed by atoms with Crippen molar-refractivity contribution >= 4 is 50.9 Å². The Morgan fingerprint density at radius 1 is 1.27 bits per heavy atom. The highest BCUT2D eigenvalue weighted by Gasteiger charge is 2.14. The summed E-state index contributed by atoms with van der Waals surface area (Å²) in [6.07, 6.45) is 1.53. The van der Waals surface area contributed by atoms with Crippen molar-refractivity contribution in [2.24, 2.45) is 0 Å². The highest BCUT2D eigenvalue weighted by Crippen LogP contribution is 2.34. The van der Waals surface area contributed by atoms with Gasteiger partial charge in [0.25, 0.3) is 0 Å². The molecule has 3 rings (SSSR count). The van der Waals surface area contributed by atoms with Crippen molar-refractivity contribution in [1.29, 1.82) is 0 Å². The first-order valence-corrected chi connectivity index (χ1v) is 9.61. The first-order chi connectivity index (χ1) is 12.5. The Balaban J connectivity index is 1.69. The number of aryl methyl sites for hydroxylation is 2. The van der Waals surface area contributed by atoms with Gasteiger partial charge in [-0.25, -0.2) is 14.8 Å². The number of benzene rings is 1. The second kappa shape index (κ2) is 7.84. The van der Waals surface area contributed by atoms with Gasteiger partial charge in [-0.05, 0) is 37.6 Å². The van der Waals surface area contributed by atoms with Crippen LogP contribution in [0.1, 0.15) is 20.8 Å². The lowest BCUT2D eigenvalue weighted by Gasteiger charge is -2.07. The van der Waals surface area contributed by atoms with E-state index >= 15 is 0 Å². The van der Waals surface area contributed by atoms with Gasteiger partial charge in [0.1, 0.15) is 16.2 Å². The van der Waals surface area contributed by atoms with Crippen molar-refractivity contribution in [3.63, 3.8) is 0 Å². The van der Waals surface area contributed by atoms with E-state index in [-0.39, 0.29) is 11.7 Å². The number of rotatable bonds is 5. The van der Waals surface area contributed by atoms with Gasteiger partial charge < -0.3 is 10.1 Å².